The summed E-state index contributed by atoms with van der Waals surface area (Å²) in [5, 5.41) is 22.8. The fraction of sp³-hybridized carbons (Fsp3) is 0.296. The van der Waals surface area contributed by atoms with Crippen LogP contribution in [0.2, 0.25) is 0 Å². The summed E-state index contributed by atoms with van der Waals surface area (Å²) in [7, 11) is 0. The molecule has 1 aliphatic rings. The van der Waals surface area contributed by atoms with Crippen molar-refractivity contribution in [3.8, 4) is 6.07 Å². The summed E-state index contributed by atoms with van der Waals surface area (Å²) in [5.41, 5.74) is 9.64. The van der Waals surface area contributed by atoms with E-state index >= 15 is 0 Å². The number of nitrogens with zero attached hydrogens (tertiary/aromatic N) is 2. The van der Waals surface area contributed by atoms with Gasteiger partial charge in [0.2, 0.25) is 5.91 Å². The van der Waals surface area contributed by atoms with Crippen LogP contribution in [0.1, 0.15) is 35.7 Å². The van der Waals surface area contributed by atoms with Crippen LogP contribution >= 0.6 is 0 Å². The molecule has 0 unspecified atom stereocenters. The lowest BCUT2D eigenvalue weighted by molar-refractivity contribution is -0.192. The first-order chi connectivity index (χ1) is 19.3. The third-order valence-corrected chi connectivity index (χ3v) is 6.26. The molecule has 3 amide bonds. The van der Waals surface area contributed by atoms with Gasteiger partial charge in [0.05, 0.1) is 12.1 Å². The van der Waals surface area contributed by atoms with Crippen molar-refractivity contribution in [1.29, 1.82) is 5.26 Å². The van der Waals surface area contributed by atoms with Gasteiger partial charge in [0, 0.05) is 40.6 Å². The summed E-state index contributed by atoms with van der Waals surface area (Å²) < 4.78 is 31.7. The predicted octanol–water partition coefficient (Wildman–Crippen LogP) is 4.03. The van der Waals surface area contributed by atoms with E-state index in [0.717, 1.165) is 22.9 Å². The van der Waals surface area contributed by atoms with Crippen molar-refractivity contribution in [2.75, 3.05) is 17.2 Å². The molecule has 2 atom stereocenters. The van der Waals surface area contributed by atoms with E-state index in [1.807, 2.05) is 18.3 Å². The van der Waals surface area contributed by atoms with Crippen LogP contribution in [0.5, 0.6) is 0 Å². The number of carbonyl (C=O) groups is 4. The zero-order valence-electron chi connectivity index (χ0n) is 21.8. The Bertz CT molecular complexity index is 1480. The predicted molar refractivity (Wildman–Crippen MR) is 143 cm³/mol. The van der Waals surface area contributed by atoms with Gasteiger partial charge in [-0.15, -0.1) is 0 Å². The molecule has 0 aliphatic carbocycles. The number of urea groups is 1. The Labute approximate surface area is 232 Å². The van der Waals surface area contributed by atoms with Gasteiger partial charge in [-0.3, -0.25) is 9.59 Å². The molecule has 0 spiro atoms. The minimum atomic E-state index is -5.08. The van der Waals surface area contributed by atoms with Gasteiger partial charge in [-0.05, 0) is 74.2 Å². The number of rotatable bonds is 6. The van der Waals surface area contributed by atoms with Gasteiger partial charge in [-0.2, -0.15) is 18.4 Å². The molecule has 1 aromatic heterocycles. The number of likely N-dealkylation sites (tertiary alicyclic amines) is 1. The van der Waals surface area contributed by atoms with Crippen LogP contribution in [-0.4, -0.2) is 63.5 Å². The Morgan fingerprint density at radius 3 is 2.34 bits per heavy atom. The fourth-order valence-electron chi connectivity index (χ4n) is 4.21. The number of fused-ring (bicyclic) bond motifs is 1. The number of ketones is 1. The third-order valence-electron chi connectivity index (χ3n) is 6.26. The molecule has 0 bridgehead atoms. The minimum absolute atomic E-state index is 0.0432. The van der Waals surface area contributed by atoms with E-state index in [0.29, 0.717) is 36.3 Å². The lowest BCUT2D eigenvalue weighted by Crippen LogP contribution is -2.46. The highest BCUT2D eigenvalue weighted by molar-refractivity contribution is 6.02. The fourth-order valence-corrected chi connectivity index (χ4v) is 4.21. The zero-order chi connectivity index (χ0) is 30.3. The van der Waals surface area contributed by atoms with Crippen molar-refractivity contribution in [3.05, 3.63) is 59.8 Å². The van der Waals surface area contributed by atoms with Crippen LogP contribution in [0, 0.1) is 11.3 Å². The van der Waals surface area contributed by atoms with Crippen molar-refractivity contribution in [3.63, 3.8) is 0 Å². The molecule has 1 saturated heterocycles. The number of carboxylic acids is 1. The number of nitriles is 1. The smallest absolute Gasteiger partial charge is 0.475 e. The first-order valence-corrected chi connectivity index (χ1v) is 12.3. The van der Waals surface area contributed by atoms with E-state index in [-0.39, 0.29) is 11.7 Å². The quantitative estimate of drug-likeness (QED) is 0.276. The molecular formula is C27H27F3N6O5. The Morgan fingerprint density at radius 1 is 1.15 bits per heavy atom. The Morgan fingerprint density at radius 2 is 1.76 bits per heavy atom. The van der Waals surface area contributed by atoms with Gasteiger partial charge in [0.1, 0.15) is 6.04 Å². The van der Waals surface area contributed by atoms with E-state index in [1.54, 1.807) is 35.2 Å². The molecule has 1 aliphatic heterocycles. The van der Waals surface area contributed by atoms with Crippen LogP contribution in [0.15, 0.2) is 48.7 Å². The number of amides is 3. The topological polar surface area (TPSA) is 181 Å². The molecule has 3 aromatic rings. The van der Waals surface area contributed by atoms with E-state index in [2.05, 4.69) is 21.7 Å². The van der Waals surface area contributed by atoms with Gasteiger partial charge in [-0.1, -0.05) is 0 Å². The molecule has 6 N–H and O–H groups in total. The number of hydrogen-bond donors (Lipinski definition) is 5. The molecular weight excluding hydrogens is 545 g/mol. The molecule has 14 heteroatoms. The number of carboxylic acid groups (broad SMARTS) is 1. The number of nitrogens with two attached hydrogens (primary N) is 1. The second kappa shape index (κ2) is 13.0. The lowest BCUT2D eigenvalue weighted by atomic mass is 10.0. The van der Waals surface area contributed by atoms with Gasteiger partial charge in [0.25, 0.3) is 0 Å². The Balaban J connectivity index is 0.000000587. The minimum Gasteiger partial charge on any atom is -0.475 e. The standard InChI is InChI=1S/C25H26N6O3.C2HF3O2/c1-15(32)16-4-6-18(7-5-16)29-25(34)30-19-8-9-23-21(12-19)17(14-28-23)11-22(27)24(33)31-10-2-3-20(31)13-26;3-2(4,5)1(6)7/h4-9,12,14,20,22,28H,2-3,10-11,27H2,1H3,(H2,29,30,34);(H,6,7)/t20-,22+;/m1./s1. The molecule has 0 radical (unpaired) electrons. The van der Waals surface area contributed by atoms with Gasteiger partial charge >= 0.3 is 18.2 Å². The maximum Gasteiger partial charge on any atom is 0.490 e. The van der Waals surface area contributed by atoms with Crippen LogP contribution in [-0.2, 0) is 16.0 Å². The number of aliphatic carboxylic acids is 1. The lowest BCUT2D eigenvalue weighted by Gasteiger charge is -2.23. The van der Waals surface area contributed by atoms with Crippen molar-refractivity contribution >= 4 is 46.0 Å². The number of Topliss-reactive ketones (excluding diaryl/α,β-unsaturated/α-hetero) is 1. The van der Waals surface area contributed by atoms with Crippen molar-refractivity contribution < 1.29 is 37.5 Å². The monoisotopic (exact) mass is 572 g/mol. The maximum absolute atomic E-state index is 12.8. The van der Waals surface area contributed by atoms with E-state index in [4.69, 9.17) is 15.6 Å². The van der Waals surface area contributed by atoms with Crippen LogP contribution in [0.3, 0.4) is 0 Å². The molecule has 41 heavy (non-hydrogen) atoms. The van der Waals surface area contributed by atoms with E-state index in [9.17, 15) is 32.8 Å². The molecule has 0 saturated carbocycles. The van der Waals surface area contributed by atoms with E-state index < -0.39 is 30.3 Å². The van der Waals surface area contributed by atoms with Crippen LogP contribution in [0.25, 0.3) is 10.9 Å². The van der Waals surface area contributed by atoms with Gasteiger partial charge < -0.3 is 31.4 Å². The highest BCUT2D eigenvalue weighted by Gasteiger charge is 2.38. The number of carbonyl (C=O) groups excluding carboxylic acids is 3. The maximum atomic E-state index is 12.8. The zero-order valence-corrected chi connectivity index (χ0v) is 21.8. The second-order valence-electron chi connectivity index (χ2n) is 9.22. The number of nitrogens with one attached hydrogen (secondary N) is 3. The molecule has 4 rings (SSSR count). The summed E-state index contributed by atoms with van der Waals surface area (Å²) in [4.78, 5) is 50.2. The first kappa shape index (κ1) is 30.6. The van der Waals surface area contributed by atoms with Gasteiger partial charge in [0.15, 0.2) is 5.78 Å². The number of halogens is 3. The van der Waals surface area contributed by atoms with Gasteiger partial charge in [-0.25, -0.2) is 9.59 Å². The number of alkyl halides is 3. The summed E-state index contributed by atoms with van der Waals surface area (Å²) >= 11 is 0. The Kier molecular flexibility index (Phi) is 9.69. The summed E-state index contributed by atoms with van der Waals surface area (Å²) in [6.45, 7) is 2.04. The number of aromatic amines is 1. The van der Waals surface area contributed by atoms with Crippen molar-refractivity contribution in [2.45, 2.75) is 44.4 Å². The normalized spacial score (nSPS) is 15.3. The SMILES string of the molecule is CC(=O)c1ccc(NC(=O)Nc2ccc3[nH]cc(C[C@H](N)C(=O)N4CCC[C@@H]4C#N)c3c2)cc1.O=C(O)C(F)(F)F. The first-order valence-electron chi connectivity index (χ1n) is 12.3. The summed E-state index contributed by atoms with van der Waals surface area (Å²) in [6, 6.07) is 12.7. The average molecular weight is 573 g/mol. The number of anilines is 2. The number of benzene rings is 2. The molecule has 11 nitrogen and oxygen atoms in total. The number of hydrogen-bond acceptors (Lipinski definition) is 6. The molecule has 1 fully saturated rings. The molecule has 216 valence electrons. The Hall–Kier alpha value is -4.90. The molecule has 2 aromatic carbocycles. The largest absolute Gasteiger partial charge is 0.490 e. The summed E-state index contributed by atoms with van der Waals surface area (Å²) in [5.74, 6) is -3.02. The number of aromatic nitrogens is 1. The average Bonchev–Trinajstić information content (AvgIpc) is 3.55. The van der Waals surface area contributed by atoms with E-state index in [1.165, 1.54) is 6.92 Å². The highest BCUT2D eigenvalue weighted by atomic mass is 19.4. The van der Waals surface area contributed by atoms with Crippen molar-refractivity contribution in [1.82, 2.24) is 9.88 Å². The second-order valence-corrected chi connectivity index (χ2v) is 9.22. The highest BCUT2D eigenvalue weighted by Crippen LogP contribution is 2.25. The van der Waals surface area contributed by atoms with Crippen molar-refractivity contribution in [2.24, 2.45) is 5.73 Å². The third kappa shape index (κ3) is 8.05. The van der Waals surface area contributed by atoms with Crippen LogP contribution in [0.4, 0.5) is 29.3 Å². The van der Waals surface area contributed by atoms with Crippen LogP contribution < -0.4 is 16.4 Å². The molecule has 2 heterocycles. The number of H-pyrrole nitrogens is 1. The summed E-state index contributed by atoms with van der Waals surface area (Å²) in [6.07, 6.45) is -1.47.